The Kier molecular flexibility index (Phi) is 12.9. The minimum absolute atomic E-state index is 0.0668. The van der Waals surface area contributed by atoms with Gasteiger partial charge in [0.25, 0.3) is 5.56 Å². The average Bonchev–Trinajstić information content (AvgIpc) is 3.24. The van der Waals surface area contributed by atoms with Gasteiger partial charge in [0.2, 0.25) is 5.91 Å². The van der Waals surface area contributed by atoms with Crippen LogP contribution in [0.25, 0.3) is 10.2 Å². The molecule has 0 radical (unpaired) electrons. The lowest BCUT2D eigenvalue weighted by Gasteiger charge is -2.30. The summed E-state index contributed by atoms with van der Waals surface area (Å²) in [6.07, 6.45) is 8.52. The van der Waals surface area contributed by atoms with Crippen molar-refractivity contribution in [2.45, 2.75) is 51.7 Å². The van der Waals surface area contributed by atoms with Gasteiger partial charge < -0.3 is 4.90 Å². The van der Waals surface area contributed by atoms with Crippen molar-refractivity contribution in [1.82, 2.24) is 14.5 Å². The van der Waals surface area contributed by atoms with Crippen LogP contribution in [0.4, 0.5) is 0 Å². The van der Waals surface area contributed by atoms with Gasteiger partial charge >= 0.3 is 0 Å². The average molecular weight is 462 g/mol. The van der Waals surface area contributed by atoms with Crippen molar-refractivity contribution in [2.24, 2.45) is 5.92 Å². The number of hydrogen-bond acceptors (Lipinski definition) is 5. The predicted molar refractivity (Wildman–Crippen MR) is 136 cm³/mol. The number of aromatic nitrogens is 2. The second kappa shape index (κ2) is 14.8. The van der Waals surface area contributed by atoms with Gasteiger partial charge in [0.15, 0.2) is 5.16 Å². The van der Waals surface area contributed by atoms with Crippen molar-refractivity contribution < 1.29 is 4.79 Å². The third-order valence-electron chi connectivity index (χ3n) is 4.61. The first-order valence-corrected chi connectivity index (χ1v) is 12.5. The SMILES string of the molecule is C=CC.C=CCC.C=CCn1c(SCC(=O)N2CCC(C)CC2)nc2sccc2c1=O. The number of carbonyl (C=O) groups is 1. The number of amides is 1. The Morgan fingerprint density at radius 3 is 2.45 bits per heavy atom. The normalized spacial score (nSPS) is 13.5. The first-order valence-electron chi connectivity index (χ1n) is 10.6. The van der Waals surface area contributed by atoms with E-state index in [2.05, 4.69) is 38.6 Å². The van der Waals surface area contributed by atoms with E-state index in [1.54, 1.807) is 22.8 Å². The van der Waals surface area contributed by atoms with E-state index in [4.69, 9.17) is 0 Å². The molecule has 1 fully saturated rings. The van der Waals surface area contributed by atoms with E-state index in [1.165, 1.54) is 23.1 Å². The maximum absolute atomic E-state index is 12.6. The molecule has 3 rings (SSSR count). The van der Waals surface area contributed by atoms with Crippen LogP contribution >= 0.6 is 23.1 Å². The molecule has 0 atom stereocenters. The molecule has 1 aliphatic rings. The fourth-order valence-corrected chi connectivity index (χ4v) is 4.52. The van der Waals surface area contributed by atoms with Crippen LogP contribution in [0.1, 0.15) is 40.0 Å². The number of carbonyl (C=O) groups excluding carboxylic acids is 1. The second-order valence-corrected chi connectivity index (χ2v) is 9.03. The zero-order valence-electron chi connectivity index (χ0n) is 19.0. The Hall–Kier alpha value is -2.12. The summed E-state index contributed by atoms with van der Waals surface area (Å²) in [5.41, 5.74) is -0.0668. The van der Waals surface area contributed by atoms with E-state index in [1.807, 2.05) is 23.3 Å². The van der Waals surface area contributed by atoms with E-state index in [0.29, 0.717) is 28.8 Å². The molecule has 2 aromatic heterocycles. The molecular formula is C24H35N3O2S2. The Balaban J connectivity index is 0.000000604. The Morgan fingerprint density at radius 1 is 1.29 bits per heavy atom. The van der Waals surface area contributed by atoms with Crippen molar-refractivity contribution in [3.8, 4) is 0 Å². The zero-order valence-corrected chi connectivity index (χ0v) is 20.6. The molecule has 3 heterocycles. The summed E-state index contributed by atoms with van der Waals surface area (Å²) in [7, 11) is 0. The lowest BCUT2D eigenvalue weighted by atomic mass is 9.99. The first kappa shape index (κ1) is 26.9. The lowest BCUT2D eigenvalue weighted by molar-refractivity contribution is -0.129. The molecule has 0 unspecified atom stereocenters. The zero-order chi connectivity index (χ0) is 23.2. The maximum atomic E-state index is 12.6. The number of hydrogen-bond donors (Lipinski definition) is 0. The van der Waals surface area contributed by atoms with Gasteiger partial charge in [0, 0.05) is 19.6 Å². The van der Waals surface area contributed by atoms with Crippen molar-refractivity contribution in [3.05, 3.63) is 59.8 Å². The minimum atomic E-state index is -0.0668. The van der Waals surface area contributed by atoms with Crippen molar-refractivity contribution >= 4 is 39.2 Å². The van der Waals surface area contributed by atoms with Crippen LogP contribution in [-0.2, 0) is 11.3 Å². The molecule has 2 aromatic rings. The van der Waals surface area contributed by atoms with E-state index in [-0.39, 0.29) is 11.5 Å². The molecule has 7 heteroatoms. The lowest BCUT2D eigenvalue weighted by Crippen LogP contribution is -2.39. The minimum Gasteiger partial charge on any atom is -0.342 e. The number of rotatable bonds is 6. The van der Waals surface area contributed by atoms with E-state index < -0.39 is 0 Å². The Morgan fingerprint density at radius 2 is 1.90 bits per heavy atom. The molecule has 0 N–H and O–H groups in total. The smallest absolute Gasteiger partial charge is 0.263 e. The predicted octanol–water partition coefficient (Wildman–Crippen LogP) is 5.77. The number of likely N-dealkylation sites (tertiary alicyclic amines) is 1. The summed E-state index contributed by atoms with van der Waals surface area (Å²) in [4.78, 5) is 32.2. The standard InChI is InChI=1S/C17H21N3O2S2.C4H8.C3H6/c1-3-7-20-16(22)13-6-10-23-15(13)18-17(20)24-11-14(21)19-8-4-12(2)5-9-19;1-3-4-2;1-3-2/h3,6,10,12H,1,4-5,7-9,11H2,2H3;3H,1,4H2,2H3;3H,1H2,2H3. The fraction of sp³-hybridized carbons (Fsp3) is 0.458. The maximum Gasteiger partial charge on any atom is 0.263 e. The largest absolute Gasteiger partial charge is 0.342 e. The van der Waals surface area contributed by atoms with Gasteiger partial charge in [-0.2, -0.15) is 0 Å². The summed E-state index contributed by atoms with van der Waals surface area (Å²) in [6, 6.07) is 1.80. The van der Waals surface area contributed by atoms with E-state index in [9.17, 15) is 9.59 Å². The molecule has 0 spiro atoms. The Labute approximate surface area is 194 Å². The quantitative estimate of drug-likeness (QED) is 0.311. The summed E-state index contributed by atoms with van der Waals surface area (Å²) >= 11 is 2.79. The summed E-state index contributed by atoms with van der Waals surface area (Å²) in [5, 5.41) is 3.09. The molecule has 0 aliphatic carbocycles. The highest BCUT2D eigenvalue weighted by Gasteiger charge is 2.21. The molecule has 1 saturated heterocycles. The Bertz CT molecular complexity index is 909. The highest BCUT2D eigenvalue weighted by Crippen LogP contribution is 2.23. The highest BCUT2D eigenvalue weighted by molar-refractivity contribution is 7.99. The van der Waals surface area contributed by atoms with E-state index >= 15 is 0 Å². The van der Waals surface area contributed by atoms with Gasteiger partial charge in [-0.3, -0.25) is 14.2 Å². The van der Waals surface area contributed by atoms with Crippen LogP contribution in [0.15, 0.2) is 59.4 Å². The highest BCUT2D eigenvalue weighted by atomic mass is 32.2. The van der Waals surface area contributed by atoms with Crippen molar-refractivity contribution in [2.75, 3.05) is 18.8 Å². The number of allylic oxidation sites excluding steroid dienone is 3. The molecule has 31 heavy (non-hydrogen) atoms. The number of nitrogens with zero attached hydrogens (tertiary/aromatic N) is 3. The third kappa shape index (κ3) is 8.50. The number of fused-ring (bicyclic) bond motifs is 1. The molecule has 0 bridgehead atoms. The van der Waals surface area contributed by atoms with Gasteiger partial charge in [0.1, 0.15) is 4.83 Å². The van der Waals surface area contributed by atoms with Crippen LogP contribution in [0.3, 0.4) is 0 Å². The van der Waals surface area contributed by atoms with Gasteiger partial charge in [-0.15, -0.1) is 31.1 Å². The fourth-order valence-electron chi connectivity index (χ4n) is 2.81. The number of thioether (sulfide) groups is 1. The van der Waals surface area contributed by atoms with Gasteiger partial charge in [-0.25, -0.2) is 4.98 Å². The molecule has 1 amide bonds. The van der Waals surface area contributed by atoms with Crippen LogP contribution in [0.2, 0.25) is 0 Å². The summed E-state index contributed by atoms with van der Waals surface area (Å²) < 4.78 is 1.60. The van der Waals surface area contributed by atoms with Crippen LogP contribution in [-0.4, -0.2) is 39.2 Å². The van der Waals surface area contributed by atoms with Crippen LogP contribution in [0.5, 0.6) is 0 Å². The van der Waals surface area contributed by atoms with Gasteiger partial charge in [0.05, 0.1) is 11.1 Å². The third-order valence-corrected chi connectivity index (χ3v) is 6.38. The monoisotopic (exact) mass is 461 g/mol. The molecule has 0 aromatic carbocycles. The van der Waals surface area contributed by atoms with Gasteiger partial charge in [-0.05, 0) is 43.6 Å². The van der Waals surface area contributed by atoms with Crippen LogP contribution in [0, 0.1) is 5.92 Å². The molecule has 170 valence electrons. The second-order valence-electron chi connectivity index (χ2n) is 7.20. The summed E-state index contributed by atoms with van der Waals surface area (Å²) in [5.74, 6) is 1.13. The van der Waals surface area contributed by atoms with Crippen LogP contribution < -0.4 is 5.56 Å². The van der Waals surface area contributed by atoms with Crippen molar-refractivity contribution in [1.29, 1.82) is 0 Å². The number of piperidine rings is 1. The first-order chi connectivity index (χ1) is 14.9. The van der Waals surface area contributed by atoms with Gasteiger partial charge in [-0.1, -0.05) is 43.8 Å². The molecule has 0 saturated carbocycles. The molecule has 1 aliphatic heterocycles. The van der Waals surface area contributed by atoms with Crippen molar-refractivity contribution in [3.63, 3.8) is 0 Å². The topological polar surface area (TPSA) is 55.2 Å². The molecule has 5 nitrogen and oxygen atoms in total. The summed E-state index contributed by atoms with van der Waals surface area (Å²) in [6.45, 7) is 18.8. The number of thiophene rings is 1. The van der Waals surface area contributed by atoms with E-state index in [0.717, 1.165) is 37.2 Å². The molecular weight excluding hydrogens is 426 g/mol.